The van der Waals surface area contributed by atoms with Gasteiger partial charge in [0.05, 0.1) is 5.39 Å². The Morgan fingerprint density at radius 2 is 2.04 bits per heavy atom. The molecule has 0 unspecified atom stereocenters. The van der Waals surface area contributed by atoms with Gasteiger partial charge in [-0.3, -0.25) is 0 Å². The van der Waals surface area contributed by atoms with Crippen molar-refractivity contribution in [1.82, 2.24) is 20.1 Å². The van der Waals surface area contributed by atoms with E-state index < -0.39 is 0 Å². The van der Waals surface area contributed by atoms with Crippen molar-refractivity contribution in [3.05, 3.63) is 23.2 Å². The standard InChI is InChI=1S/C17H22N6OS/c1-4-13-18-14(12-7-10-25-16(12)19-13)23-8-5-11(6-9-23)15-20-17(21-24-15)22(2)3/h7,10-11H,4-6,8-9H2,1-3H3. The molecule has 0 aliphatic carbocycles. The van der Waals surface area contributed by atoms with E-state index in [1.165, 1.54) is 0 Å². The summed E-state index contributed by atoms with van der Waals surface area (Å²) in [5.41, 5.74) is 0. The molecule has 0 radical (unpaired) electrons. The van der Waals surface area contributed by atoms with Crippen LogP contribution in [-0.4, -0.2) is 47.3 Å². The second-order valence-corrected chi connectivity index (χ2v) is 7.44. The molecular formula is C17H22N6OS. The zero-order chi connectivity index (χ0) is 17.4. The molecule has 0 N–H and O–H groups in total. The topological polar surface area (TPSA) is 71.2 Å². The summed E-state index contributed by atoms with van der Waals surface area (Å²) in [6.45, 7) is 3.98. The van der Waals surface area contributed by atoms with Crippen LogP contribution < -0.4 is 9.80 Å². The minimum atomic E-state index is 0.322. The maximum atomic E-state index is 5.46. The zero-order valence-corrected chi connectivity index (χ0v) is 15.6. The van der Waals surface area contributed by atoms with Crippen LogP contribution in [0.5, 0.6) is 0 Å². The molecule has 8 heteroatoms. The van der Waals surface area contributed by atoms with Gasteiger partial charge in [-0.25, -0.2) is 9.97 Å². The Labute approximate surface area is 150 Å². The van der Waals surface area contributed by atoms with Crippen molar-refractivity contribution < 1.29 is 4.52 Å². The molecule has 4 heterocycles. The first-order chi connectivity index (χ1) is 12.2. The fraction of sp³-hybridized carbons (Fsp3) is 0.529. The number of fused-ring (bicyclic) bond motifs is 1. The van der Waals surface area contributed by atoms with Gasteiger partial charge < -0.3 is 14.3 Å². The van der Waals surface area contributed by atoms with Crippen molar-refractivity contribution in [3.8, 4) is 0 Å². The Hall–Kier alpha value is -2.22. The quantitative estimate of drug-likeness (QED) is 0.709. The third-order valence-electron chi connectivity index (χ3n) is 4.64. The number of nitrogens with zero attached hydrogens (tertiary/aromatic N) is 6. The normalized spacial score (nSPS) is 15.9. The summed E-state index contributed by atoms with van der Waals surface area (Å²) < 4.78 is 5.46. The van der Waals surface area contributed by atoms with E-state index in [9.17, 15) is 0 Å². The number of hydrogen-bond acceptors (Lipinski definition) is 8. The highest BCUT2D eigenvalue weighted by Gasteiger charge is 2.27. The highest BCUT2D eigenvalue weighted by molar-refractivity contribution is 7.16. The van der Waals surface area contributed by atoms with Crippen molar-refractivity contribution in [2.45, 2.75) is 32.1 Å². The number of rotatable bonds is 4. The number of hydrogen-bond donors (Lipinski definition) is 0. The lowest BCUT2D eigenvalue weighted by Crippen LogP contribution is -2.34. The minimum Gasteiger partial charge on any atom is -0.356 e. The van der Waals surface area contributed by atoms with Gasteiger partial charge in [0, 0.05) is 39.5 Å². The van der Waals surface area contributed by atoms with E-state index in [-0.39, 0.29) is 0 Å². The van der Waals surface area contributed by atoms with Crippen molar-refractivity contribution >= 4 is 33.3 Å². The lowest BCUT2D eigenvalue weighted by atomic mass is 9.96. The molecule has 25 heavy (non-hydrogen) atoms. The Morgan fingerprint density at radius 1 is 1.24 bits per heavy atom. The molecule has 4 rings (SSSR count). The van der Waals surface area contributed by atoms with E-state index in [0.717, 1.165) is 60.1 Å². The third kappa shape index (κ3) is 3.06. The highest BCUT2D eigenvalue weighted by atomic mass is 32.1. The summed E-state index contributed by atoms with van der Waals surface area (Å²) >= 11 is 1.68. The summed E-state index contributed by atoms with van der Waals surface area (Å²) in [4.78, 5) is 19.3. The van der Waals surface area contributed by atoms with Gasteiger partial charge in [-0.05, 0) is 29.4 Å². The molecule has 0 bridgehead atoms. The van der Waals surface area contributed by atoms with Gasteiger partial charge >= 0.3 is 0 Å². The van der Waals surface area contributed by atoms with Gasteiger partial charge in [-0.15, -0.1) is 11.3 Å². The van der Waals surface area contributed by atoms with Crippen LogP contribution >= 0.6 is 11.3 Å². The molecule has 1 fully saturated rings. The van der Waals surface area contributed by atoms with E-state index >= 15 is 0 Å². The molecule has 7 nitrogen and oxygen atoms in total. The first-order valence-electron chi connectivity index (χ1n) is 8.65. The Balaban J connectivity index is 1.53. The minimum absolute atomic E-state index is 0.322. The van der Waals surface area contributed by atoms with Crippen molar-refractivity contribution in [1.29, 1.82) is 0 Å². The van der Waals surface area contributed by atoms with Gasteiger partial charge in [0.2, 0.25) is 5.89 Å². The molecule has 0 aromatic carbocycles. The molecule has 0 spiro atoms. The van der Waals surface area contributed by atoms with Crippen LogP contribution in [-0.2, 0) is 6.42 Å². The van der Waals surface area contributed by atoms with Crippen LogP contribution in [0.25, 0.3) is 10.2 Å². The number of aromatic nitrogens is 4. The number of piperidine rings is 1. The molecule has 132 valence electrons. The van der Waals surface area contributed by atoms with E-state index in [2.05, 4.69) is 38.4 Å². The second-order valence-electron chi connectivity index (χ2n) is 6.54. The fourth-order valence-corrected chi connectivity index (χ4v) is 3.97. The first-order valence-corrected chi connectivity index (χ1v) is 9.53. The van der Waals surface area contributed by atoms with Gasteiger partial charge in [-0.1, -0.05) is 6.92 Å². The summed E-state index contributed by atoms with van der Waals surface area (Å²) in [6.07, 6.45) is 2.84. The molecule has 1 aliphatic heterocycles. The lowest BCUT2D eigenvalue weighted by molar-refractivity contribution is 0.329. The van der Waals surface area contributed by atoms with Gasteiger partial charge in [0.1, 0.15) is 16.5 Å². The van der Waals surface area contributed by atoms with Crippen LogP contribution in [0.3, 0.4) is 0 Å². The smallest absolute Gasteiger partial charge is 0.265 e. The molecule has 0 amide bonds. The Morgan fingerprint density at radius 3 is 2.72 bits per heavy atom. The van der Waals surface area contributed by atoms with Crippen molar-refractivity contribution in [3.63, 3.8) is 0 Å². The summed E-state index contributed by atoms with van der Waals surface area (Å²) in [5.74, 6) is 3.70. The first kappa shape index (κ1) is 16.3. The van der Waals surface area contributed by atoms with E-state index in [0.29, 0.717) is 11.9 Å². The Kier molecular flexibility index (Phi) is 4.29. The third-order valence-corrected chi connectivity index (χ3v) is 5.45. The fourth-order valence-electron chi connectivity index (χ4n) is 3.19. The van der Waals surface area contributed by atoms with Crippen LogP contribution in [0.2, 0.25) is 0 Å². The molecule has 1 aliphatic rings. The lowest BCUT2D eigenvalue weighted by Gasteiger charge is -2.31. The predicted molar refractivity (Wildman–Crippen MR) is 99.6 cm³/mol. The zero-order valence-electron chi connectivity index (χ0n) is 14.8. The summed E-state index contributed by atoms with van der Waals surface area (Å²) in [7, 11) is 3.84. The molecule has 3 aromatic heterocycles. The van der Waals surface area contributed by atoms with Crippen LogP contribution in [0.1, 0.15) is 37.4 Å². The van der Waals surface area contributed by atoms with Gasteiger partial charge in [-0.2, -0.15) is 4.98 Å². The SMILES string of the molecule is CCc1nc(N2CCC(c3nc(N(C)C)no3)CC2)c2ccsc2n1. The van der Waals surface area contributed by atoms with Crippen molar-refractivity contribution in [2.24, 2.45) is 0 Å². The highest BCUT2D eigenvalue weighted by Crippen LogP contribution is 2.33. The predicted octanol–water partition coefficient (Wildman–Crippen LogP) is 3.09. The van der Waals surface area contributed by atoms with E-state index in [1.807, 2.05) is 19.0 Å². The molecule has 1 saturated heterocycles. The largest absolute Gasteiger partial charge is 0.356 e. The maximum Gasteiger partial charge on any atom is 0.265 e. The van der Waals surface area contributed by atoms with Gasteiger partial charge in [0.25, 0.3) is 5.95 Å². The van der Waals surface area contributed by atoms with Gasteiger partial charge in [0.15, 0.2) is 0 Å². The van der Waals surface area contributed by atoms with Crippen molar-refractivity contribution in [2.75, 3.05) is 37.0 Å². The number of aryl methyl sites for hydroxylation is 1. The van der Waals surface area contributed by atoms with Crippen LogP contribution in [0.4, 0.5) is 11.8 Å². The Bertz CT molecular complexity index is 865. The van der Waals surface area contributed by atoms with Crippen LogP contribution in [0.15, 0.2) is 16.0 Å². The molecule has 0 atom stereocenters. The van der Waals surface area contributed by atoms with E-state index in [4.69, 9.17) is 9.51 Å². The average Bonchev–Trinajstić information content (AvgIpc) is 3.30. The molecule has 0 saturated carbocycles. The van der Waals surface area contributed by atoms with E-state index in [1.54, 1.807) is 11.3 Å². The molecular weight excluding hydrogens is 336 g/mol. The number of thiophene rings is 1. The maximum absolute atomic E-state index is 5.46. The van der Waals surface area contributed by atoms with Crippen LogP contribution in [0, 0.1) is 0 Å². The summed E-state index contributed by atoms with van der Waals surface area (Å²) in [5, 5.41) is 7.29. The monoisotopic (exact) mass is 358 g/mol. The average molecular weight is 358 g/mol. The second kappa shape index (κ2) is 6.59. The summed E-state index contributed by atoms with van der Waals surface area (Å²) in [6, 6.07) is 2.13. The molecule has 3 aromatic rings. The number of anilines is 2.